The molecule has 3 N–H and O–H groups in total. The quantitative estimate of drug-likeness (QED) is 0.564. The van der Waals surface area contributed by atoms with Crippen molar-refractivity contribution >= 4 is 0 Å². The van der Waals surface area contributed by atoms with Crippen molar-refractivity contribution in [2.45, 2.75) is 32.1 Å². The van der Waals surface area contributed by atoms with Gasteiger partial charge in [-0.1, -0.05) is 13.0 Å². The first kappa shape index (κ1) is 18.7. The summed E-state index contributed by atoms with van der Waals surface area (Å²) in [5.74, 6) is 1.32. The molecule has 0 saturated carbocycles. The fourth-order valence-corrected chi connectivity index (χ4v) is 1.98. The molecular weight excluding hydrogens is 286 g/mol. The van der Waals surface area contributed by atoms with E-state index in [0.717, 1.165) is 12.0 Å². The molecule has 0 radical (unpaired) electrons. The van der Waals surface area contributed by atoms with Crippen LogP contribution in [0, 0.1) is 0 Å². The van der Waals surface area contributed by atoms with Gasteiger partial charge in [0.05, 0.1) is 40.1 Å². The monoisotopic (exact) mass is 313 g/mol. The van der Waals surface area contributed by atoms with Gasteiger partial charge in [-0.3, -0.25) is 0 Å². The van der Waals surface area contributed by atoms with Crippen LogP contribution in [0.4, 0.5) is 0 Å². The zero-order valence-electron chi connectivity index (χ0n) is 13.5. The van der Waals surface area contributed by atoms with Crippen LogP contribution in [0.15, 0.2) is 18.2 Å². The van der Waals surface area contributed by atoms with Gasteiger partial charge in [0.15, 0.2) is 11.5 Å². The number of rotatable bonds is 11. The summed E-state index contributed by atoms with van der Waals surface area (Å²) >= 11 is 0. The van der Waals surface area contributed by atoms with Crippen LogP contribution in [-0.4, -0.2) is 56.3 Å². The fraction of sp³-hybridized carbons (Fsp3) is 0.625. The summed E-state index contributed by atoms with van der Waals surface area (Å²) in [6.45, 7) is 3.05. The highest BCUT2D eigenvalue weighted by Crippen LogP contribution is 2.27. The molecule has 0 aliphatic carbocycles. The van der Waals surface area contributed by atoms with Crippen LogP contribution in [-0.2, 0) is 11.3 Å². The van der Waals surface area contributed by atoms with E-state index in [1.807, 2.05) is 25.1 Å². The molecule has 0 heterocycles. The van der Waals surface area contributed by atoms with Gasteiger partial charge in [-0.25, -0.2) is 0 Å². The van der Waals surface area contributed by atoms with Crippen LogP contribution in [0.25, 0.3) is 0 Å². The second-order valence-electron chi connectivity index (χ2n) is 5.05. The van der Waals surface area contributed by atoms with Crippen molar-refractivity contribution in [2.24, 2.45) is 0 Å². The molecular formula is C16H27NO5. The van der Waals surface area contributed by atoms with Gasteiger partial charge in [0, 0.05) is 12.6 Å². The summed E-state index contributed by atoms with van der Waals surface area (Å²) < 4.78 is 15.9. The average Bonchev–Trinajstić information content (AvgIpc) is 2.55. The summed E-state index contributed by atoms with van der Waals surface area (Å²) in [7, 11) is 3.18. The van der Waals surface area contributed by atoms with E-state index < -0.39 is 6.10 Å². The first-order chi connectivity index (χ1) is 10.6. The SMILES string of the molecule is CC[C@@H](CO)NC[C@@H](O)COCc1ccc(OC)c(OC)c1. The molecule has 0 aliphatic rings. The largest absolute Gasteiger partial charge is 0.493 e. The smallest absolute Gasteiger partial charge is 0.161 e. The Kier molecular flexibility index (Phi) is 8.84. The lowest BCUT2D eigenvalue weighted by Crippen LogP contribution is -2.39. The highest BCUT2D eigenvalue weighted by Gasteiger charge is 2.09. The summed E-state index contributed by atoms with van der Waals surface area (Å²) in [4.78, 5) is 0. The third-order valence-corrected chi connectivity index (χ3v) is 3.38. The van der Waals surface area contributed by atoms with Crippen molar-refractivity contribution in [1.82, 2.24) is 5.32 Å². The molecule has 0 spiro atoms. The molecule has 0 unspecified atom stereocenters. The van der Waals surface area contributed by atoms with Gasteiger partial charge >= 0.3 is 0 Å². The number of aliphatic hydroxyl groups excluding tert-OH is 2. The second-order valence-corrected chi connectivity index (χ2v) is 5.05. The number of ether oxygens (including phenoxy) is 3. The van der Waals surface area contributed by atoms with Gasteiger partial charge < -0.3 is 29.7 Å². The van der Waals surface area contributed by atoms with Crippen LogP contribution >= 0.6 is 0 Å². The Morgan fingerprint density at radius 2 is 1.91 bits per heavy atom. The number of hydrogen-bond acceptors (Lipinski definition) is 6. The lowest BCUT2D eigenvalue weighted by Gasteiger charge is -2.17. The van der Waals surface area contributed by atoms with Crippen molar-refractivity contribution in [2.75, 3.05) is 34.0 Å². The molecule has 1 aromatic carbocycles. The standard InChI is InChI=1S/C16H27NO5/c1-4-13(9-18)17-8-14(19)11-22-10-12-5-6-15(20-2)16(7-12)21-3/h5-7,13-14,17-19H,4,8-11H2,1-3H3/t13-,14+/m0/s1. The van der Waals surface area contributed by atoms with E-state index >= 15 is 0 Å². The summed E-state index contributed by atoms with van der Waals surface area (Å²) in [6.07, 6.45) is 0.205. The lowest BCUT2D eigenvalue weighted by atomic mass is 10.2. The Morgan fingerprint density at radius 1 is 1.18 bits per heavy atom. The summed E-state index contributed by atoms with van der Waals surface area (Å²) in [5, 5.41) is 22.0. The number of nitrogens with one attached hydrogen (secondary N) is 1. The van der Waals surface area contributed by atoms with E-state index in [9.17, 15) is 5.11 Å². The second kappa shape index (κ2) is 10.4. The van der Waals surface area contributed by atoms with Crippen LogP contribution in [0.1, 0.15) is 18.9 Å². The Bertz CT molecular complexity index is 423. The topological polar surface area (TPSA) is 80.2 Å². The minimum absolute atomic E-state index is 0.0144. The molecule has 0 aromatic heterocycles. The van der Waals surface area contributed by atoms with Gasteiger partial charge in [-0.15, -0.1) is 0 Å². The maximum atomic E-state index is 9.84. The van der Waals surface area contributed by atoms with Gasteiger partial charge in [0.1, 0.15) is 0 Å². The molecule has 0 amide bonds. The molecule has 2 atom stereocenters. The van der Waals surface area contributed by atoms with E-state index in [1.54, 1.807) is 14.2 Å². The van der Waals surface area contributed by atoms with Crippen LogP contribution in [0.2, 0.25) is 0 Å². The third kappa shape index (κ3) is 6.19. The van der Waals surface area contributed by atoms with Crippen molar-refractivity contribution in [1.29, 1.82) is 0 Å². The minimum Gasteiger partial charge on any atom is -0.493 e. The van der Waals surface area contributed by atoms with Crippen molar-refractivity contribution < 1.29 is 24.4 Å². The van der Waals surface area contributed by atoms with Gasteiger partial charge in [-0.05, 0) is 24.1 Å². The van der Waals surface area contributed by atoms with E-state index in [2.05, 4.69) is 5.32 Å². The number of aliphatic hydroxyl groups is 2. The first-order valence-corrected chi connectivity index (χ1v) is 7.45. The van der Waals surface area contributed by atoms with Gasteiger partial charge in [-0.2, -0.15) is 0 Å². The molecule has 0 fully saturated rings. The minimum atomic E-state index is -0.610. The zero-order valence-corrected chi connectivity index (χ0v) is 13.5. The van der Waals surface area contributed by atoms with E-state index in [1.165, 1.54) is 0 Å². The number of benzene rings is 1. The lowest BCUT2D eigenvalue weighted by molar-refractivity contribution is 0.0264. The first-order valence-electron chi connectivity index (χ1n) is 7.45. The van der Waals surface area contributed by atoms with Gasteiger partial charge in [0.2, 0.25) is 0 Å². The fourth-order valence-electron chi connectivity index (χ4n) is 1.98. The van der Waals surface area contributed by atoms with E-state index in [-0.39, 0.29) is 19.3 Å². The van der Waals surface area contributed by atoms with Crippen molar-refractivity contribution in [3.8, 4) is 11.5 Å². The molecule has 22 heavy (non-hydrogen) atoms. The maximum Gasteiger partial charge on any atom is 0.161 e. The Labute approximate surface area is 132 Å². The Hall–Kier alpha value is -1.34. The highest BCUT2D eigenvalue weighted by molar-refractivity contribution is 5.42. The normalized spacial score (nSPS) is 13.7. The van der Waals surface area contributed by atoms with Crippen LogP contribution < -0.4 is 14.8 Å². The van der Waals surface area contributed by atoms with Crippen molar-refractivity contribution in [3.63, 3.8) is 0 Å². The molecule has 1 rings (SSSR count). The molecule has 0 aliphatic heterocycles. The summed E-state index contributed by atoms with van der Waals surface area (Å²) in [5.41, 5.74) is 0.944. The maximum absolute atomic E-state index is 9.84. The van der Waals surface area contributed by atoms with Crippen LogP contribution in [0.3, 0.4) is 0 Å². The van der Waals surface area contributed by atoms with Gasteiger partial charge in [0.25, 0.3) is 0 Å². The molecule has 126 valence electrons. The van der Waals surface area contributed by atoms with Crippen molar-refractivity contribution in [3.05, 3.63) is 23.8 Å². The predicted octanol–water partition coefficient (Wildman–Crippen LogP) is 0.942. The third-order valence-electron chi connectivity index (χ3n) is 3.38. The molecule has 6 heteroatoms. The molecule has 1 aromatic rings. The van der Waals surface area contributed by atoms with E-state index in [4.69, 9.17) is 19.3 Å². The zero-order chi connectivity index (χ0) is 16.4. The van der Waals surface area contributed by atoms with Crippen LogP contribution in [0.5, 0.6) is 11.5 Å². The number of methoxy groups -OCH3 is 2. The summed E-state index contributed by atoms with van der Waals surface area (Å²) in [6, 6.07) is 5.58. The Morgan fingerprint density at radius 3 is 2.50 bits per heavy atom. The molecule has 0 saturated heterocycles. The Balaban J connectivity index is 2.34. The highest BCUT2D eigenvalue weighted by atomic mass is 16.5. The molecule has 0 bridgehead atoms. The average molecular weight is 313 g/mol. The van der Waals surface area contributed by atoms with E-state index in [0.29, 0.717) is 24.7 Å². The predicted molar refractivity (Wildman–Crippen MR) is 84.4 cm³/mol. The molecule has 6 nitrogen and oxygen atoms in total. The number of hydrogen-bond donors (Lipinski definition) is 3.